The number of likely N-dealkylation sites (tertiary alicyclic amines) is 2. The van der Waals surface area contributed by atoms with E-state index in [1.807, 2.05) is 43.5 Å². The van der Waals surface area contributed by atoms with Crippen molar-refractivity contribution in [2.75, 3.05) is 19.6 Å². The second-order valence-corrected chi connectivity index (χ2v) is 7.47. The molecular formula is C21H24N4O3. The van der Waals surface area contributed by atoms with E-state index in [1.165, 1.54) is 0 Å². The zero-order valence-corrected chi connectivity index (χ0v) is 16.0. The Labute approximate surface area is 163 Å². The average Bonchev–Trinajstić information content (AvgIpc) is 3.25. The first-order chi connectivity index (χ1) is 13.5. The summed E-state index contributed by atoms with van der Waals surface area (Å²) in [6, 6.07) is 10.2. The number of carbonyl (C=O) groups excluding carboxylic acids is 3. The van der Waals surface area contributed by atoms with E-state index in [1.54, 1.807) is 4.90 Å². The summed E-state index contributed by atoms with van der Waals surface area (Å²) in [6.45, 7) is 3.10. The molecule has 1 aromatic carbocycles. The summed E-state index contributed by atoms with van der Waals surface area (Å²) in [5, 5.41) is 0. The van der Waals surface area contributed by atoms with Gasteiger partial charge in [0.25, 0.3) is 0 Å². The number of nitrogens with zero attached hydrogens (tertiary/aromatic N) is 4. The van der Waals surface area contributed by atoms with E-state index in [9.17, 15) is 14.4 Å². The molecular weight excluding hydrogens is 356 g/mol. The number of aromatic nitrogens is 2. The number of rotatable bonds is 4. The second kappa shape index (κ2) is 7.58. The summed E-state index contributed by atoms with van der Waals surface area (Å²) in [5.74, 6) is 0.252. The normalized spacial score (nSPS) is 20.1. The summed E-state index contributed by atoms with van der Waals surface area (Å²) in [4.78, 5) is 43.9. The Kier molecular flexibility index (Phi) is 4.98. The molecule has 2 aliphatic rings. The molecule has 0 spiro atoms. The van der Waals surface area contributed by atoms with Gasteiger partial charge in [-0.2, -0.15) is 0 Å². The Hall–Kier alpha value is -2.96. The molecule has 0 bridgehead atoms. The number of carbonyl (C=O) groups is 3. The van der Waals surface area contributed by atoms with Gasteiger partial charge in [-0.1, -0.05) is 30.3 Å². The van der Waals surface area contributed by atoms with Gasteiger partial charge in [0.05, 0.1) is 6.04 Å². The minimum atomic E-state index is -0.247. The summed E-state index contributed by atoms with van der Waals surface area (Å²) in [5.41, 5.74) is 2.11. The van der Waals surface area contributed by atoms with Crippen LogP contribution in [-0.2, 0) is 14.4 Å². The molecule has 28 heavy (non-hydrogen) atoms. The lowest BCUT2D eigenvalue weighted by molar-refractivity contribution is -0.146. The number of amides is 3. The van der Waals surface area contributed by atoms with Crippen LogP contribution in [0.2, 0.25) is 0 Å². The molecule has 1 aromatic heterocycles. The number of hydrogen-bond acceptors (Lipinski definition) is 4. The van der Waals surface area contributed by atoms with Crippen LogP contribution >= 0.6 is 0 Å². The molecule has 4 rings (SSSR count). The maximum Gasteiger partial charge on any atom is 0.242 e. The van der Waals surface area contributed by atoms with Gasteiger partial charge in [0.2, 0.25) is 17.7 Å². The van der Waals surface area contributed by atoms with Gasteiger partial charge in [-0.05, 0) is 19.8 Å². The monoisotopic (exact) mass is 380 g/mol. The standard InChI is InChI=1S/C21H24N4O3/c1-15-12-22-21(16-6-3-2-4-7-16)25(15)17-8-5-11-23(13-17)20(28)14-24-18(26)9-10-19(24)27/h2-4,6-7,12,17H,5,8-11,13-14H2,1H3. The van der Waals surface area contributed by atoms with E-state index in [2.05, 4.69) is 9.55 Å². The van der Waals surface area contributed by atoms with E-state index >= 15 is 0 Å². The van der Waals surface area contributed by atoms with Crippen LogP contribution in [0.5, 0.6) is 0 Å². The maximum absolute atomic E-state index is 12.8. The van der Waals surface area contributed by atoms with Gasteiger partial charge < -0.3 is 9.47 Å². The molecule has 0 radical (unpaired) electrons. The van der Waals surface area contributed by atoms with Crippen LogP contribution in [0.25, 0.3) is 11.4 Å². The van der Waals surface area contributed by atoms with E-state index in [0.717, 1.165) is 34.8 Å². The van der Waals surface area contributed by atoms with Crippen LogP contribution in [-0.4, -0.2) is 56.7 Å². The van der Waals surface area contributed by atoms with Crippen molar-refractivity contribution in [3.8, 4) is 11.4 Å². The molecule has 2 aliphatic heterocycles. The predicted octanol–water partition coefficient (Wildman–Crippen LogP) is 2.17. The molecule has 0 saturated carbocycles. The molecule has 3 heterocycles. The molecule has 7 nitrogen and oxygen atoms in total. The smallest absolute Gasteiger partial charge is 0.242 e. The lowest BCUT2D eigenvalue weighted by Crippen LogP contribution is -2.46. The van der Waals surface area contributed by atoms with Gasteiger partial charge >= 0.3 is 0 Å². The first kappa shape index (κ1) is 18.4. The molecule has 3 amide bonds. The number of imidazole rings is 1. The highest BCUT2D eigenvalue weighted by Crippen LogP contribution is 2.29. The Morgan fingerprint density at radius 3 is 2.57 bits per heavy atom. The van der Waals surface area contributed by atoms with E-state index < -0.39 is 0 Å². The average molecular weight is 380 g/mol. The third kappa shape index (κ3) is 3.44. The lowest BCUT2D eigenvalue weighted by Gasteiger charge is -2.35. The van der Waals surface area contributed by atoms with Crippen molar-refractivity contribution in [3.05, 3.63) is 42.2 Å². The van der Waals surface area contributed by atoms with Gasteiger partial charge in [0, 0.05) is 43.4 Å². The van der Waals surface area contributed by atoms with Crippen LogP contribution in [0.4, 0.5) is 0 Å². The summed E-state index contributed by atoms with van der Waals surface area (Å²) in [7, 11) is 0. The third-order valence-electron chi connectivity index (χ3n) is 5.58. The molecule has 2 saturated heterocycles. The first-order valence-electron chi connectivity index (χ1n) is 9.75. The number of piperidine rings is 1. The molecule has 146 valence electrons. The highest BCUT2D eigenvalue weighted by molar-refractivity contribution is 6.04. The molecule has 0 N–H and O–H groups in total. The van der Waals surface area contributed by atoms with Gasteiger partial charge in [-0.25, -0.2) is 4.98 Å². The van der Waals surface area contributed by atoms with Crippen molar-refractivity contribution in [1.82, 2.24) is 19.4 Å². The summed E-state index contributed by atoms with van der Waals surface area (Å²) >= 11 is 0. The van der Waals surface area contributed by atoms with Crippen molar-refractivity contribution < 1.29 is 14.4 Å². The Bertz CT molecular complexity index is 890. The van der Waals surface area contributed by atoms with Crippen LogP contribution in [0.1, 0.15) is 37.4 Å². The number of hydrogen-bond donors (Lipinski definition) is 0. The topological polar surface area (TPSA) is 75.5 Å². The van der Waals surface area contributed by atoms with Crippen molar-refractivity contribution in [2.24, 2.45) is 0 Å². The van der Waals surface area contributed by atoms with Crippen LogP contribution in [0.15, 0.2) is 36.5 Å². The zero-order chi connectivity index (χ0) is 19.7. The van der Waals surface area contributed by atoms with E-state index in [0.29, 0.717) is 13.1 Å². The lowest BCUT2D eigenvalue weighted by atomic mass is 10.0. The number of aryl methyl sites for hydroxylation is 1. The predicted molar refractivity (Wildman–Crippen MR) is 103 cm³/mol. The van der Waals surface area contributed by atoms with Crippen LogP contribution in [0.3, 0.4) is 0 Å². The zero-order valence-electron chi connectivity index (χ0n) is 16.0. The van der Waals surface area contributed by atoms with Crippen LogP contribution in [0, 0.1) is 6.92 Å². The molecule has 7 heteroatoms. The van der Waals surface area contributed by atoms with Gasteiger partial charge in [0.1, 0.15) is 12.4 Å². The van der Waals surface area contributed by atoms with Crippen molar-refractivity contribution in [1.29, 1.82) is 0 Å². The third-order valence-corrected chi connectivity index (χ3v) is 5.58. The quantitative estimate of drug-likeness (QED) is 0.762. The summed E-state index contributed by atoms with van der Waals surface area (Å²) in [6.07, 6.45) is 4.13. The van der Waals surface area contributed by atoms with Crippen molar-refractivity contribution in [2.45, 2.75) is 38.6 Å². The Morgan fingerprint density at radius 2 is 1.86 bits per heavy atom. The van der Waals surface area contributed by atoms with E-state index in [-0.39, 0.29) is 43.1 Å². The Morgan fingerprint density at radius 1 is 1.14 bits per heavy atom. The fourth-order valence-corrected chi connectivity index (χ4v) is 4.13. The maximum atomic E-state index is 12.8. The van der Waals surface area contributed by atoms with Gasteiger partial charge in [0.15, 0.2) is 0 Å². The molecule has 2 aromatic rings. The first-order valence-corrected chi connectivity index (χ1v) is 9.75. The highest BCUT2D eigenvalue weighted by atomic mass is 16.2. The van der Waals surface area contributed by atoms with Gasteiger partial charge in [-0.15, -0.1) is 0 Å². The molecule has 0 aliphatic carbocycles. The Balaban J connectivity index is 1.52. The van der Waals surface area contributed by atoms with E-state index in [4.69, 9.17) is 0 Å². The minimum Gasteiger partial charge on any atom is -0.339 e. The van der Waals surface area contributed by atoms with Gasteiger partial charge in [-0.3, -0.25) is 19.3 Å². The second-order valence-electron chi connectivity index (χ2n) is 7.47. The molecule has 1 atom stereocenters. The SMILES string of the molecule is Cc1cnc(-c2ccccc2)n1C1CCCN(C(=O)CN2C(=O)CCC2=O)C1. The number of imide groups is 1. The largest absolute Gasteiger partial charge is 0.339 e. The van der Waals surface area contributed by atoms with Crippen molar-refractivity contribution in [3.63, 3.8) is 0 Å². The highest BCUT2D eigenvalue weighted by Gasteiger charge is 2.33. The van der Waals surface area contributed by atoms with Crippen LogP contribution < -0.4 is 0 Å². The minimum absolute atomic E-state index is 0.125. The van der Waals surface area contributed by atoms with Crippen molar-refractivity contribution >= 4 is 17.7 Å². The fourth-order valence-electron chi connectivity index (χ4n) is 4.13. The molecule has 2 fully saturated rings. The number of benzene rings is 1. The molecule has 1 unspecified atom stereocenters. The summed E-state index contributed by atoms with van der Waals surface area (Å²) < 4.78 is 2.21. The fraction of sp³-hybridized carbons (Fsp3) is 0.429.